The molecule has 6 heteroatoms. The molecule has 4 rings (SSSR count). The number of halogens is 1. The van der Waals surface area contributed by atoms with E-state index in [1.165, 1.54) is 0 Å². The first kappa shape index (κ1) is 21.2. The largest absolute Gasteiger partial charge is 0.504 e. The Hall–Kier alpha value is -3.02. The first-order chi connectivity index (χ1) is 15.1. The molecule has 0 unspecified atom stereocenters. The summed E-state index contributed by atoms with van der Waals surface area (Å²) in [6, 6.07) is 20.9. The van der Waals surface area contributed by atoms with Gasteiger partial charge in [0.2, 0.25) is 0 Å². The maximum absolute atomic E-state index is 10.9. The number of hydrogen-bond donors (Lipinski definition) is 2. The summed E-state index contributed by atoms with van der Waals surface area (Å²) in [5.41, 5.74) is 3.59. The second-order valence-electron chi connectivity index (χ2n) is 7.28. The third-order valence-electron chi connectivity index (χ3n) is 5.37. The lowest BCUT2D eigenvalue weighted by Gasteiger charge is -2.31. The molecule has 2 N–H and O–H groups in total. The summed E-state index contributed by atoms with van der Waals surface area (Å²) in [6.07, 6.45) is 0.260. The SMILES string of the molecule is CCOc1cccc([C@@H]2CC(c3ccc(OC)cc3)=N[C@H](c3ccccc3Cl)N2)c1O. The van der Waals surface area contributed by atoms with Crippen LogP contribution in [0.25, 0.3) is 0 Å². The topological polar surface area (TPSA) is 63.1 Å². The molecule has 0 spiro atoms. The van der Waals surface area contributed by atoms with E-state index in [9.17, 15) is 5.11 Å². The normalized spacial score (nSPS) is 18.4. The molecule has 1 aliphatic heterocycles. The van der Waals surface area contributed by atoms with E-state index in [1.807, 2.05) is 67.6 Å². The fraction of sp³-hybridized carbons (Fsp3) is 0.240. The van der Waals surface area contributed by atoms with Crippen molar-refractivity contribution in [2.45, 2.75) is 25.6 Å². The van der Waals surface area contributed by atoms with Crippen molar-refractivity contribution in [2.75, 3.05) is 13.7 Å². The van der Waals surface area contributed by atoms with Gasteiger partial charge in [-0.3, -0.25) is 10.3 Å². The van der Waals surface area contributed by atoms with Crippen molar-refractivity contribution < 1.29 is 14.6 Å². The van der Waals surface area contributed by atoms with Gasteiger partial charge in [0.1, 0.15) is 11.9 Å². The van der Waals surface area contributed by atoms with Crippen LogP contribution in [0.4, 0.5) is 0 Å². The summed E-state index contributed by atoms with van der Waals surface area (Å²) in [7, 11) is 1.65. The predicted molar refractivity (Wildman–Crippen MR) is 123 cm³/mol. The second kappa shape index (κ2) is 9.41. The molecule has 1 aliphatic rings. The van der Waals surface area contributed by atoms with Crippen molar-refractivity contribution in [1.82, 2.24) is 5.32 Å². The average Bonchev–Trinajstić information content (AvgIpc) is 2.80. The number of para-hydroxylation sites is 1. The standard InChI is InChI=1S/C25H25ClN2O3/c1-3-31-23-10-6-8-19(24(23)29)22-15-21(16-11-13-17(30-2)14-12-16)27-25(28-22)18-7-4-5-9-20(18)26/h4-14,22,25,28-29H,3,15H2,1-2H3/t22-,25-/m0/s1. The Morgan fingerprint density at radius 3 is 2.48 bits per heavy atom. The van der Waals surface area contributed by atoms with Crippen molar-refractivity contribution in [3.8, 4) is 17.2 Å². The summed E-state index contributed by atoms with van der Waals surface area (Å²) in [6.45, 7) is 2.38. The maximum Gasteiger partial charge on any atom is 0.162 e. The molecule has 0 amide bonds. The lowest BCUT2D eigenvalue weighted by atomic mass is 9.93. The van der Waals surface area contributed by atoms with Gasteiger partial charge >= 0.3 is 0 Å². The summed E-state index contributed by atoms with van der Waals surface area (Å²) in [5.74, 6) is 1.42. The molecule has 0 radical (unpaired) electrons. The number of phenolic OH excluding ortho intramolecular Hbond substituents is 1. The highest BCUT2D eigenvalue weighted by Gasteiger charge is 2.29. The van der Waals surface area contributed by atoms with Gasteiger partial charge in [-0.15, -0.1) is 0 Å². The van der Waals surface area contributed by atoms with E-state index >= 15 is 0 Å². The number of methoxy groups -OCH3 is 1. The van der Waals surface area contributed by atoms with Crippen LogP contribution in [0.1, 0.15) is 42.2 Å². The van der Waals surface area contributed by atoms with E-state index in [-0.39, 0.29) is 18.0 Å². The molecular weight excluding hydrogens is 412 g/mol. The molecule has 3 aromatic carbocycles. The molecule has 0 aliphatic carbocycles. The minimum absolute atomic E-state index is 0.149. The van der Waals surface area contributed by atoms with Crippen LogP contribution >= 0.6 is 11.6 Å². The van der Waals surface area contributed by atoms with Crippen LogP contribution in [-0.4, -0.2) is 24.5 Å². The van der Waals surface area contributed by atoms with Gasteiger partial charge in [-0.1, -0.05) is 41.9 Å². The molecule has 3 aromatic rings. The summed E-state index contributed by atoms with van der Waals surface area (Å²) in [4.78, 5) is 4.97. The number of rotatable bonds is 6. The smallest absolute Gasteiger partial charge is 0.162 e. The van der Waals surface area contributed by atoms with Crippen molar-refractivity contribution >= 4 is 17.3 Å². The zero-order valence-electron chi connectivity index (χ0n) is 17.5. The van der Waals surface area contributed by atoms with Gasteiger partial charge in [0.25, 0.3) is 0 Å². The molecule has 0 saturated carbocycles. The Kier molecular flexibility index (Phi) is 6.44. The Morgan fingerprint density at radius 1 is 1.03 bits per heavy atom. The number of ether oxygens (including phenoxy) is 2. The number of phenols is 1. The predicted octanol–water partition coefficient (Wildman–Crippen LogP) is 5.68. The molecule has 0 bridgehead atoms. The van der Waals surface area contributed by atoms with Gasteiger partial charge < -0.3 is 14.6 Å². The minimum atomic E-state index is -0.347. The van der Waals surface area contributed by atoms with E-state index in [1.54, 1.807) is 13.2 Å². The first-order valence-electron chi connectivity index (χ1n) is 10.3. The molecule has 5 nitrogen and oxygen atoms in total. The molecule has 2 atom stereocenters. The summed E-state index contributed by atoms with van der Waals surface area (Å²) in [5, 5.41) is 15.1. The summed E-state index contributed by atoms with van der Waals surface area (Å²) < 4.78 is 10.9. The number of hydrogen-bond acceptors (Lipinski definition) is 5. The van der Waals surface area contributed by atoms with Crippen molar-refractivity contribution in [3.05, 3.63) is 88.4 Å². The average molecular weight is 437 g/mol. The van der Waals surface area contributed by atoms with Gasteiger partial charge in [0, 0.05) is 34.3 Å². The fourth-order valence-corrected chi connectivity index (χ4v) is 4.05. The number of benzene rings is 3. The zero-order valence-corrected chi connectivity index (χ0v) is 18.3. The van der Waals surface area contributed by atoms with Crippen LogP contribution in [0.15, 0.2) is 71.7 Å². The Morgan fingerprint density at radius 2 is 1.77 bits per heavy atom. The third kappa shape index (κ3) is 4.53. The van der Waals surface area contributed by atoms with E-state index in [2.05, 4.69) is 5.32 Å². The van der Waals surface area contributed by atoms with Gasteiger partial charge in [0.15, 0.2) is 11.5 Å². The second-order valence-corrected chi connectivity index (χ2v) is 7.69. The minimum Gasteiger partial charge on any atom is -0.504 e. The number of nitrogens with one attached hydrogen (secondary N) is 1. The van der Waals surface area contributed by atoms with E-state index in [0.29, 0.717) is 23.8 Å². The maximum atomic E-state index is 10.9. The highest BCUT2D eigenvalue weighted by molar-refractivity contribution is 6.31. The van der Waals surface area contributed by atoms with Crippen LogP contribution in [0, 0.1) is 0 Å². The molecule has 31 heavy (non-hydrogen) atoms. The Bertz CT molecular complexity index is 1080. The number of aliphatic imine (C=N–C) groups is 1. The van der Waals surface area contributed by atoms with Crippen molar-refractivity contribution in [3.63, 3.8) is 0 Å². The first-order valence-corrected chi connectivity index (χ1v) is 10.6. The van der Waals surface area contributed by atoms with Crippen LogP contribution in [0.3, 0.4) is 0 Å². The Balaban J connectivity index is 1.76. The molecule has 0 fully saturated rings. The lowest BCUT2D eigenvalue weighted by molar-refractivity contribution is 0.313. The molecular formula is C25H25ClN2O3. The molecule has 0 aromatic heterocycles. The number of aromatic hydroxyl groups is 1. The summed E-state index contributed by atoms with van der Waals surface area (Å²) >= 11 is 6.49. The fourth-order valence-electron chi connectivity index (χ4n) is 3.81. The Labute approximate surface area is 187 Å². The van der Waals surface area contributed by atoms with Crippen molar-refractivity contribution in [1.29, 1.82) is 0 Å². The molecule has 0 saturated heterocycles. The highest BCUT2D eigenvalue weighted by Crippen LogP contribution is 2.39. The van der Waals surface area contributed by atoms with Crippen molar-refractivity contribution in [2.24, 2.45) is 4.99 Å². The molecule has 1 heterocycles. The van der Waals surface area contributed by atoms with Gasteiger partial charge in [-0.05, 0) is 48.9 Å². The van der Waals surface area contributed by atoms with E-state index in [4.69, 9.17) is 26.1 Å². The number of nitrogens with zero attached hydrogens (tertiary/aromatic N) is 1. The van der Waals surface area contributed by atoms with Crippen LogP contribution < -0.4 is 14.8 Å². The van der Waals surface area contributed by atoms with Crippen LogP contribution in [0.5, 0.6) is 17.2 Å². The lowest BCUT2D eigenvalue weighted by Crippen LogP contribution is -2.33. The van der Waals surface area contributed by atoms with Gasteiger partial charge in [-0.25, -0.2) is 0 Å². The zero-order chi connectivity index (χ0) is 21.8. The van der Waals surface area contributed by atoms with Gasteiger partial charge in [0.05, 0.1) is 13.7 Å². The van der Waals surface area contributed by atoms with E-state index < -0.39 is 0 Å². The van der Waals surface area contributed by atoms with Crippen LogP contribution in [0.2, 0.25) is 5.02 Å². The third-order valence-corrected chi connectivity index (χ3v) is 5.71. The van der Waals surface area contributed by atoms with Gasteiger partial charge in [-0.2, -0.15) is 0 Å². The molecule has 160 valence electrons. The van der Waals surface area contributed by atoms with E-state index in [0.717, 1.165) is 28.2 Å². The monoisotopic (exact) mass is 436 g/mol. The quantitative estimate of drug-likeness (QED) is 0.522. The highest BCUT2D eigenvalue weighted by atomic mass is 35.5. The van der Waals surface area contributed by atoms with Crippen LogP contribution in [-0.2, 0) is 0 Å².